The number of hydrogen-bond donors (Lipinski definition) is 1. The molecular weight excluding hydrogens is 261 g/mol. The molecule has 0 spiro atoms. The summed E-state index contributed by atoms with van der Waals surface area (Å²) >= 11 is 13.5. The second-order valence-corrected chi connectivity index (χ2v) is 5.55. The van der Waals surface area contributed by atoms with Crippen LogP contribution in [0.3, 0.4) is 0 Å². The van der Waals surface area contributed by atoms with Gasteiger partial charge >= 0.3 is 0 Å². The Bertz CT molecular complexity index is 505. The molecule has 1 unspecified atom stereocenters. The van der Waals surface area contributed by atoms with Gasteiger partial charge in [0.1, 0.15) is 0 Å². The zero-order chi connectivity index (χ0) is 11.7. The van der Waals surface area contributed by atoms with Crippen LogP contribution in [-0.4, -0.2) is 0 Å². The molecule has 16 heavy (non-hydrogen) atoms. The highest BCUT2D eigenvalue weighted by Gasteiger charge is 2.07. The maximum Gasteiger partial charge on any atom is 0.0598 e. The van der Waals surface area contributed by atoms with Crippen molar-refractivity contribution in [2.45, 2.75) is 13.0 Å². The molecule has 1 aromatic heterocycles. The van der Waals surface area contributed by atoms with Gasteiger partial charge in [-0.05, 0) is 36.8 Å². The Morgan fingerprint density at radius 2 is 1.88 bits per heavy atom. The van der Waals surface area contributed by atoms with Crippen LogP contribution in [0.25, 0.3) is 10.4 Å². The van der Waals surface area contributed by atoms with E-state index in [9.17, 15) is 0 Å². The molecule has 2 aromatic rings. The lowest BCUT2D eigenvalue weighted by Gasteiger charge is -2.01. The molecular formula is C12H11Cl2NS. The first-order chi connectivity index (χ1) is 7.58. The van der Waals surface area contributed by atoms with Gasteiger partial charge in [-0.2, -0.15) is 0 Å². The third-order valence-corrected chi connectivity index (χ3v) is 4.35. The molecule has 1 heterocycles. The fourth-order valence-electron chi connectivity index (χ4n) is 1.40. The highest BCUT2D eigenvalue weighted by atomic mass is 35.5. The van der Waals surface area contributed by atoms with Crippen molar-refractivity contribution in [2.24, 2.45) is 5.73 Å². The second-order valence-electron chi connectivity index (χ2n) is 3.62. The molecule has 0 aliphatic carbocycles. The van der Waals surface area contributed by atoms with Crippen LogP contribution >= 0.6 is 34.5 Å². The number of halogens is 2. The Hall–Kier alpha value is -0.540. The summed E-state index contributed by atoms with van der Waals surface area (Å²) in [6.45, 7) is 1.98. The summed E-state index contributed by atoms with van der Waals surface area (Å²) in [5.74, 6) is 0. The summed E-state index contributed by atoms with van der Waals surface area (Å²) in [6, 6.07) is 9.83. The van der Waals surface area contributed by atoms with Crippen molar-refractivity contribution in [2.75, 3.05) is 0 Å². The average molecular weight is 272 g/mol. The minimum absolute atomic E-state index is 0.0709. The van der Waals surface area contributed by atoms with Gasteiger partial charge < -0.3 is 5.73 Å². The van der Waals surface area contributed by atoms with Crippen LogP contribution in [0.15, 0.2) is 30.3 Å². The van der Waals surface area contributed by atoms with Crippen molar-refractivity contribution in [1.29, 1.82) is 0 Å². The minimum atomic E-state index is 0.0709. The zero-order valence-corrected chi connectivity index (χ0v) is 11.0. The van der Waals surface area contributed by atoms with Gasteiger partial charge in [-0.15, -0.1) is 11.3 Å². The molecule has 1 atom stereocenters. The van der Waals surface area contributed by atoms with E-state index in [4.69, 9.17) is 28.9 Å². The van der Waals surface area contributed by atoms with E-state index in [-0.39, 0.29) is 6.04 Å². The first kappa shape index (κ1) is 11.9. The molecule has 1 nitrogen and oxygen atoms in total. The van der Waals surface area contributed by atoms with Crippen molar-refractivity contribution in [3.8, 4) is 10.4 Å². The standard InChI is InChI=1S/C12H11Cl2NS/c1-7(15)11-4-5-12(16-11)8-2-3-9(13)10(14)6-8/h2-7H,15H2,1H3. The van der Waals surface area contributed by atoms with Gasteiger partial charge in [0, 0.05) is 15.8 Å². The Morgan fingerprint density at radius 3 is 2.44 bits per heavy atom. The molecule has 0 aliphatic rings. The predicted molar refractivity (Wildman–Crippen MR) is 72.4 cm³/mol. The zero-order valence-electron chi connectivity index (χ0n) is 8.71. The molecule has 0 fully saturated rings. The van der Waals surface area contributed by atoms with Crippen LogP contribution in [0, 0.1) is 0 Å². The lowest BCUT2D eigenvalue weighted by atomic mass is 10.2. The highest BCUT2D eigenvalue weighted by molar-refractivity contribution is 7.15. The molecule has 0 saturated carbocycles. The van der Waals surface area contributed by atoms with Gasteiger partial charge in [0.15, 0.2) is 0 Å². The molecule has 1 aromatic carbocycles. The summed E-state index contributed by atoms with van der Waals surface area (Å²) in [6.07, 6.45) is 0. The molecule has 2 rings (SSSR count). The highest BCUT2D eigenvalue weighted by Crippen LogP contribution is 2.34. The first-order valence-corrected chi connectivity index (χ1v) is 6.46. The van der Waals surface area contributed by atoms with E-state index in [1.807, 2.05) is 31.2 Å². The molecule has 0 aliphatic heterocycles. The van der Waals surface area contributed by atoms with E-state index in [1.54, 1.807) is 11.3 Å². The Labute approximate surface area is 109 Å². The van der Waals surface area contributed by atoms with Crippen LogP contribution < -0.4 is 5.73 Å². The summed E-state index contributed by atoms with van der Waals surface area (Å²) in [7, 11) is 0. The number of rotatable bonds is 2. The van der Waals surface area contributed by atoms with Crippen LogP contribution in [-0.2, 0) is 0 Å². The van der Waals surface area contributed by atoms with Crippen LogP contribution in [0.5, 0.6) is 0 Å². The number of benzene rings is 1. The van der Waals surface area contributed by atoms with Gasteiger partial charge in [0.25, 0.3) is 0 Å². The van der Waals surface area contributed by atoms with E-state index in [0.29, 0.717) is 10.0 Å². The number of thiophene rings is 1. The van der Waals surface area contributed by atoms with E-state index < -0.39 is 0 Å². The smallest absolute Gasteiger partial charge is 0.0598 e. The fourth-order valence-corrected chi connectivity index (χ4v) is 2.66. The van der Waals surface area contributed by atoms with Gasteiger partial charge in [0.2, 0.25) is 0 Å². The summed E-state index contributed by atoms with van der Waals surface area (Å²) in [5.41, 5.74) is 6.90. The van der Waals surface area contributed by atoms with Gasteiger partial charge in [-0.1, -0.05) is 29.3 Å². The normalized spacial score (nSPS) is 12.8. The first-order valence-electron chi connectivity index (χ1n) is 4.88. The third-order valence-electron chi connectivity index (χ3n) is 2.28. The second kappa shape index (κ2) is 4.76. The summed E-state index contributed by atoms with van der Waals surface area (Å²) in [5, 5.41) is 1.16. The van der Waals surface area contributed by atoms with Crippen molar-refractivity contribution in [1.82, 2.24) is 0 Å². The fraction of sp³-hybridized carbons (Fsp3) is 0.167. The molecule has 2 N–H and O–H groups in total. The molecule has 0 radical (unpaired) electrons. The van der Waals surface area contributed by atoms with Crippen molar-refractivity contribution >= 4 is 34.5 Å². The molecule has 84 valence electrons. The maximum atomic E-state index is 5.98. The van der Waals surface area contributed by atoms with E-state index in [0.717, 1.165) is 10.4 Å². The summed E-state index contributed by atoms with van der Waals surface area (Å²) in [4.78, 5) is 2.33. The van der Waals surface area contributed by atoms with E-state index in [2.05, 4.69) is 6.07 Å². The average Bonchev–Trinajstić information content (AvgIpc) is 2.71. The lowest BCUT2D eigenvalue weighted by molar-refractivity contribution is 0.838. The molecule has 0 saturated heterocycles. The quantitative estimate of drug-likeness (QED) is 0.839. The van der Waals surface area contributed by atoms with Crippen molar-refractivity contribution in [3.05, 3.63) is 45.3 Å². The van der Waals surface area contributed by atoms with Gasteiger partial charge in [0.05, 0.1) is 10.0 Å². The molecule has 0 amide bonds. The SMILES string of the molecule is CC(N)c1ccc(-c2ccc(Cl)c(Cl)c2)s1. The predicted octanol–water partition coefficient (Wildman–Crippen LogP) is 4.74. The lowest BCUT2D eigenvalue weighted by Crippen LogP contribution is -2.01. The van der Waals surface area contributed by atoms with Crippen LogP contribution in [0.1, 0.15) is 17.8 Å². The van der Waals surface area contributed by atoms with Crippen molar-refractivity contribution in [3.63, 3.8) is 0 Å². The number of nitrogens with two attached hydrogens (primary N) is 1. The third kappa shape index (κ3) is 2.41. The van der Waals surface area contributed by atoms with Crippen LogP contribution in [0.4, 0.5) is 0 Å². The van der Waals surface area contributed by atoms with Crippen molar-refractivity contribution < 1.29 is 0 Å². The van der Waals surface area contributed by atoms with Gasteiger partial charge in [-0.3, -0.25) is 0 Å². The molecule has 4 heteroatoms. The minimum Gasteiger partial charge on any atom is -0.324 e. The topological polar surface area (TPSA) is 26.0 Å². The Morgan fingerprint density at radius 1 is 1.12 bits per heavy atom. The maximum absolute atomic E-state index is 5.98. The Balaban J connectivity index is 2.39. The largest absolute Gasteiger partial charge is 0.324 e. The monoisotopic (exact) mass is 271 g/mol. The van der Waals surface area contributed by atoms with Gasteiger partial charge in [-0.25, -0.2) is 0 Å². The summed E-state index contributed by atoms with van der Waals surface area (Å²) < 4.78 is 0. The number of hydrogen-bond acceptors (Lipinski definition) is 2. The van der Waals surface area contributed by atoms with E-state index >= 15 is 0 Å². The molecule has 0 bridgehead atoms. The van der Waals surface area contributed by atoms with Crippen LogP contribution in [0.2, 0.25) is 10.0 Å². The Kier molecular flexibility index (Phi) is 3.55. The van der Waals surface area contributed by atoms with E-state index in [1.165, 1.54) is 4.88 Å².